The van der Waals surface area contributed by atoms with Gasteiger partial charge in [-0.15, -0.1) is 9.24 Å². The molecule has 0 spiro atoms. The van der Waals surface area contributed by atoms with Crippen LogP contribution in [-0.4, -0.2) is 66.2 Å². The van der Waals surface area contributed by atoms with Gasteiger partial charge in [0.25, 0.3) is 0 Å². The van der Waals surface area contributed by atoms with Gasteiger partial charge in [0.1, 0.15) is 0 Å². The van der Waals surface area contributed by atoms with Crippen molar-refractivity contribution in [3.8, 4) is 0 Å². The van der Waals surface area contributed by atoms with Gasteiger partial charge < -0.3 is 5.32 Å². The Morgan fingerprint density at radius 3 is 1.85 bits per heavy atom. The first-order chi connectivity index (χ1) is 6.30. The van der Waals surface area contributed by atoms with Gasteiger partial charge in [-0.3, -0.25) is 14.7 Å². The third-order valence-corrected chi connectivity index (χ3v) is 3.46. The van der Waals surface area contributed by atoms with E-state index >= 15 is 0 Å². The zero-order valence-electron chi connectivity index (χ0n) is 7.87. The second-order valence-corrected chi connectivity index (χ2v) is 4.98. The Morgan fingerprint density at radius 2 is 1.46 bits per heavy atom. The van der Waals surface area contributed by atoms with Crippen molar-refractivity contribution in [2.75, 3.05) is 45.9 Å². The molecule has 4 nitrogen and oxygen atoms in total. The predicted molar refractivity (Wildman–Crippen MR) is 55.2 cm³/mol. The molecule has 0 aliphatic carbocycles. The molecule has 0 aromatic carbocycles. The van der Waals surface area contributed by atoms with Crippen LogP contribution in [0.4, 0.5) is 0 Å². The zero-order valence-corrected chi connectivity index (χ0v) is 9.02. The van der Waals surface area contributed by atoms with Gasteiger partial charge in [-0.2, -0.15) is 0 Å². The molecular weight excluding hydrogens is 183 g/mol. The Balaban J connectivity index is 1.83. The van der Waals surface area contributed by atoms with Gasteiger partial charge in [-0.1, -0.05) is 0 Å². The Bertz CT molecular complexity index is 185. The Labute approximate surface area is 81.4 Å². The predicted octanol–water partition coefficient (Wildman–Crippen LogP) is -1.03. The highest BCUT2D eigenvalue weighted by molar-refractivity contribution is 7.16. The summed E-state index contributed by atoms with van der Waals surface area (Å²) in [5, 5.41) is 3.63. The zero-order chi connectivity index (χ0) is 8.89. The van der Waals surface area contributed by atoms with E-state index in [0.717, 1.165) is 6.29 Å². The molecule has 4 saturated heterocycles. The molecule has 0 aromatic heterocycles. The van der Waals surface area contributed by atoms with Gasteiger partial charge >= 0.3 is 0 Å². The molecule has 1 atom stereocenters. The molecule has 4 bridgehead atoms. The highest BCUT2D eigenvalue weighted by Gasteiger charge is 2.47. The second-order valence-electron chi connectivity index (χ2n) is 4.57. The van der Waals surface area contributed by atoms with Gasteiger partial charge in [0.2, 0.25) is 0 Å². The minimum Gasteiger partial charge on any atom is -0.304 e. The van der Waals surface area contributed by atoms with E-state index in [1.54, 1.807) is 0 Å². The molecule has 0 saturated carbocycles. The summed E-state index contributed by atoms with van der Waals surface area (Å²) >= 11 is 0. The lowest BCUT2D eigenvalue weighted by Gasteiger charge is -2.60. The summed E-state index contributed by atoms with van der Waals surface area (Å²) in [5.41, 5.74) is 0.358. The van der Waals surface area contributed by atoms with Crippen molar-refractivity contribution >= 4 is 9.24 Å². The van der Waals surface area contributed by atoms with Crippen LogP contribution >= 0.6 is 9.24 Å². The fraction of sp³-hybridized carbons (Fsp3) is 1.00. The van der Waals surface area contributed by atoms with Crippen LogP contribution in [0.2, 0.25) is 0 Å². The van der Waals surface area contributed by atoms with Crippen LogP contribution in [0.15, 0.2) is 0 Å². The van der Waals surface area contributed by atoms with Gasteiger partial charge in [0.05, 0.1) is 25.5 Å². The Hall–Kier alpha value is 0.270. The first-order valence-corrected chi connectivity index (χ1v) is 5.74. The highest BCUT2D eigenvalue weighted by Crippen LogP contribution is 2.28. The number of hydrogen-bond acceptors (Lipinski definition) is 4. The van der Waals surface area contributed by atoms with Crippen molar-refractivity contribution in [1.82, 2.24) is 20.0 Å². The molecule has 0 radical (unpaired) electrons. The fourth-order valence-electron chi connectivity index (χ4n) is 3.10. The van der Waals surface area contributed by atoms with Crippen LogP contribution < -0.4 is 5.32 Å². The van der Waals surface area contributed by atoms with E-state index in [1.165, 1.54) is 39.6 Å². The van der Waals surface area contributed by atoms with E-state index in [0.29, 0.717) is 5.54 Å². The number of hydrogen-bond donors (Lipinski definition) is 1. The summed E-state index contributed by atoms with van der Waals surface area (Å²) < 4.78 is 0. The maximum Gasteiger partial charge on any atom is 0.0571 e. The quantitative estimate of drug-likeness (QED) is 0.575. The average Bonchev–Trinajstić information content (AvgIpc) is 2.00. The number of rotatable bonds is 2. The molecule has 4 rings (SSSR count). The third-order valence-electron chi connectivity index (χ3n) is 3.26. The summed E-state index contributed by atoms with van der Waals surface area (Å²) in [6.45, 7) is 7.22. The second kappa shape index (κ2) is 2.88. The van der Waals surface area contributed by atoms with E-state index in [1.807, 2.05) is 0 Å². The molecule has 4 heterocycles. The van der Waals surface area contributed by atoms with E-state index in [9.17, 15) is 0 Å². The topological polar surface area (TPSA) is 21.8 Å². The lowest BCUT2D eigenvalue weighted by atomic mass is 9.91. The first kappa shape index (κ1) is 8.57. The summed E-state index contributed by atoms with van der Waals surface area (Å²) in [7, 11) is 2.77. The molecule has 4 aliphatic heterocycles. The van der Waals surface area contributed by atoms with E-state index in [-0.39, 0.29) is 0 Å². The molecule has 0 amide bonds. The van der Waals surface area contributed by atoms with Gasteiger partial charge in [-0.25, -0.2) is 0 Å². The highest BCUT2D eigenvalue weighted by atomic mass is 31.0. The minimum atomic E-state index is 0.358. The van der Waals surface area contributed by atoms with Crippen LogP contribution in [-0.2, 0) is 0 Å². The molecule has 13 heavy (non-hydrogen) atoms. The summed E-state index contributed by atoms with van der Waals surface area (Å²) in [5.74, 6) is 0. The standard InChI is InChI=1S/C8H17N4P/c13-4-9-8-1-10-5-11(2-8)7-12(3-8)6-10/h9H,1-7,13H2. The van der Waals surface area contributed by atoms with Crippen LogP contribution in [0, 0.1) is 0 Å². The smallest absolute Gasteiger partial charge is 0.0571 e. The fourth-order valence-corrected chi connectivity index (χ4v) is 3.53. The van der Waals surface area contributed by atoms with Crippen LogP contribution in [0.25, 0.3) is 0 Å². The van der Waals surface area contributed by atoms with Crippen molar-refractivity contribution in [3.63, 3.8) is 0 Å². The van der Waals surface area contributed by atoms with Crippen LogP contribution in [0.5, 0.6) is 0 Å². The Kier molecular flexibility index (Phi) is 1.90. The maximum atomic E-state index is 3.63. The normalized spacial score (nSPS) is 52.8. The van der Waals surface area contributed by atoms with Crippen molar-refractivity contribution in [3.05, 3.63) is 0 Å². The Morgan fingerprint density at radius 1 is 1.00 bits per heavy atom. The molecule has 74 valence electrons. The lowest BCUT2D eigenvalue weighted by molar-refractivity contribution is -0.148. The molecule has 1 N–H and O–H groups in total. The summed E-state index contributed by atoms with van der Waals surface area (Å²) in [6, 6.07) is 0. The van der Waals surface area contributed by atoms with Gasteiger partial charge in [0, 0.05) is 25.9 Å². The van der Waals surface area contributed by atoms with Crippen LogP contribution in [0.1, 0.15) is 0 Å². The molecule has 5 heteroatoms. The first-order valence-electron chi connectivity index (χ1n) is 4.92. The monoisotopic (exact) mass is 200 g/mol. The van der Waals surface area contributed by atoms with Crippen molar-refractivity contribution in [1.29, 1.82) is 0 Å². The largest absolute Gasteiger partial charge is 0.304 e. The van der Waals surface area contributed by atoms with Crippen LogP contribution in [0.3, 0.4) is 0 Å². The van der Waals surface area contributed by atoms with Gasteiger partial charge in [0.15, 0.2) is 0 Å². The molecule has 4 fully saturated rings. The number of nitrogens with one attached hydrogen (secondary N) is 1. The maximum absolute atomic E-state index is 3.63. The van der Waals surface area contributed by atoms with E-state index in [4.69, 9.17) is 0 Å². The molecule has 1 unspecified atom stereocenters. The van der Waals surface area contributed by atoms with E-state index in [2.05, 4.69) is 29.3 Å². The lowest BCUT2D eigenvalue weighted by Crippen LogP contribution is -2.79. The number of nitrogens with zero attached hydrogens (tertiary/aromatic N) is 3. The molecule has 0 aromatic rings. The molecule has 4 aliphatic rings. The summed E-state index contributed by atoms with van der Waals surface area (Å²) in [6.07, 6.45) is 1.01. The van der Waals surface area contributed by atoms with Crippen molar-refractivity contribution < 1.29 is 0 Å². The van der Waals surface area contributed by atoms with E-state index < -0.39 is 0 Å². The SMILES string of the molecule is PCNC12CN3CN(CN(C3)C1)C2. The van der Waals surface area contributed by atoms with Crippen molar-refractivity contribution in [2.45, 2.75) is 5.54 Å². The van der Waals surface area contributed by atoms with Crippen molar-refractivity contribution in [2.24, 2.45) is 0 Å². The third kappa shape index (κ3) is 1.32. The average molecular weight is 200 g/mol. The van der Waals surface area contributed by atoms with Gasteiger partial charge in [-0.05, 0) is 0 Å². The minimum absolute atomic E-state index is 0.358. The molecular formula is C8H17N4P. The summed E-state index contributed by atoms with van der Waals surface area (Å²) in [4.78, 5) is 7.59.